The van der Waals surface area contributed by atoms with E-state index < -0.39 is 47.7 Å². The maximum absolute atomic E-state index is 13.2. The van der Waals surface area contributed by atoms with Gasteiger partial charge in [-0.1, -0.05) is 27.2 Å². The first-order valence-electron chi connectivity index (χ1n) is 13.1. The number of nitrogens with two attached hydrogens (primary N) is 1. The van der Waals surface area contributed by atoms with Gasteiger partial charge in [0.1, 0.15) is 29.6 Å². The van der Waals surface area contributed by atoms with Crippen LogP contribution in [0, 0.1) is 5.92 Å². The summed E-state index contributed by atoms with van der Waals surface area (Å²) in [5, 5.41) is 39.0. The van der Waals surface area contributed by atoms with Crippen LogP contribution in [-0.2, 0) is 19.2 Å². The Kier molecular flexibility index (Phi) is 14.3. The molecule has 4 atom stereocenters. The molecule has 9 N–H and O–H groups in total. The van der Waals surface area contributed by atoms with Crippen molar-refractivity contribution in [1.29, 1.82) is 0 Å². The number of phenolic OH excluding ortho intramolecular Hbond substituents is 2. The van der Waals surface area contributed by atoms with Crippen molar-refractivity contribution in [2.75, 3.05) is 13.1 Å². The van der Waals surface area contributed by atoms with Gasteiger partial charge in [0.2, 0.25) is 17.7 Å². The highest BCUT2D eigenvalue weighted by Crippen LogP contribution is 2.22. The molecule has 13 nitrogen and oxygen atoms in total. The molecule has 0 saturated heterocycles. The molecule has 0 unspecified atom stereocenters. The van der Waals surface area contributed by atoms with Crippen molar-refractivity contribution in [2.45, 2.75) is 77.4 Å². The van der Waals surface area contributed by atoms with Crippen molar-refractivity contribution in [3.05, 3.63) is 23.8 Å². The predicted octanol–water partition coefficient (Wildman–Crippen LogP) is 0.342. The highest BCUT2D eigenvalue weighted by molar-refractivity contribution is 6.00. The molecule has 13 heteroatoms. The van der Waals surface area contributed by atoms with Crippen LogP contribution in [0.2, 0.25) is 0 Å². The molecule has 0 aromatic heterocycles. The van der Waals surface area contributed by atoms with E-state index in [9.17, 15) is 34.2 Å². The van der Waals surface area contributed by atoms with E-state index in [2.05, 4.69) is 21.3 Å². The number of hydrogen-bond donors (Lipinski definition) is 8. The number of benzene rings is 1. The second-order valence-electron chi connectivity index (χ2n) is 9.29. The second kappa shape index (κ2) is 16.9. The number of hydrogen-bond acceptors (Lipinski definition) is 8. The van der Waals surface area contributed by atoms with Gasteiger partial charge in [0.05, 0.1) is 5.56 Å². The van der Waals surface area contributed by atoms with Gasteiger partial charge in [-0.25, -0.2) is 4.79 Å². The summed E-state index contributed by atoms with van der Waals surface area (Å²) in [6.45, 7) is 5.54. The quantitative estimate of drug-likeness (QED) is 0.0986. The average Bonchev–Trinajstić information content (AvgIpc) is 2.90. The summed E-state index contributed by atoms with van der Waals surface area (Å²) >= 11 is 0. The minimum Gasteiger partial charge on any atom is -0.508 e. The number of aliphatic carboxylic acids is 1. The van der Waals surface area contributed by atoms with Crippen molar-refractivity contribution in [1.82, 2.24) is 21.3 Å². The van der Waals surface area contributed by atoms with E-state index >= 15 is 0 Å². The molecule has 1 aromatic rings. The first-order chi connectivity index (χ1) is 18.4. The number of rotatable bonds is 17. The van der Waals surface area contributed by atoms with Crippen molar-refractivity contribution in [3.8, 4) is 11.5 Å². The normalized spacial score (nSPS) is 13.8. The van der Waals surface area contributed by atoms with Gasteiger partial charge < -0.3 is 42.3 Å². The summed E-state index contributed by atoms with van der Waals surface area (Å²) in [5.41, 5.74) is 5.34. The molecule has 0 saturated carbocycles. The molecule has 0 radical (unpaired) electrons. The van der Waals surface area contributed by atoms with E-state index in [1.165, 1.54) is 6.07 Å². The van der Waals surface area contributed by atoms with E-state index in [0.29, 0.717) is 25.8 Å². The molecule has 218 valence electrons. The van der Waals surface area contributed by atoms with Crippen LogP contribution >= 0.6 is 0 Å². The zero-order valence-electron chi connectivity index (χ0n) is 22.7. The van der Waals surface area contributed by atoms with Gasteiger partial charge in [0.25, 0.3) is 5.91 Å². The summed E-state index contributed by atoms with van der Waals surface area (Å²) in [7, 11) is 0. The van der Waals surface area contributed by atoms with E-state index in [4.69, 9.17) is 10.8 Å². The number of carbonyl (C=O) groups excluding carboxylic acids is 4. The fraction of sp³-hybridized carbons (Fsp3) is 0.577. The molecule has 0 bridgehead atoms. The molecule has 0 heterocycles. The SMILES string of the molecule is CC[C@H](NC(=O)CCNC(=O)[C@@H](NC(=O)[C@H](CCCCN)NC(=O)c1cc(O)ccc1O)[C@@H](C)CC)C(=O)O. The standard InChI is InChI=1S/C26H41N5O8/c1-4-15(3)22(25(37)28-13-11-21(34)29-18(5-2)26(38)39)31-24(36)19(8-6-7-12-27)30-23(35)17-14-16(32)9-10-20(17)33/h9-10,14-15,18-19,22,32-33H,4-8,11-13,27H2,1-3H3,(H,28,37)(H,29,34)(H,30,35)(H,31,36)(H,38,39)/t15-,18-,19-,22-/m0/s1. The molecule has 1 rings (SSSR count). The number of carboxylic acids is 1. The largest absolute Gasteiger partial charge is 0.508 e. The maximum Gasteiger partial charge on any atom is 0.326 e. The van der Waals surface area contributed by atoms with Gasteiger partial charge in [0.15, 0.2) is 0 Å². The van der Waals surface area contributed by atoms with Gasteiger partial charge in [-0.3, -0.25) is 19.2 Å². The lowest BCUT2D eigenvalue weighted by Gasteiger charge is -2.26. The number of amides is 4. The Morgan fingerprint density at radius 3 is 2.21 bits per heavy atom. The number of aromatic hydroxyl groups is 2. The fourth-order valence-corrected chi connectivity index (χ4v) is 3.67. The van der Waals surface area contributed by atoms with Crippen LogP contribution in [0.5, 0.6) is 11.5 Å². The molecule has 39 heavy (non-hydrogen) atoms. The van der Waals surface area contributed by atoms with Crippen LogP contribution in [0.4, 0.5) is 0 Å². The van der Waals surface area contributed by atoms with Crippen LogP contribution in [0.1, 0.15) is 69.7 Å². The number of nitrogens with one attached hydrogen (secondary N) is 4. The van der Waals surface area contributed by atoms with Crippen molar-refractivity contribution < 1.29 is 39.3 Å². The minimum absolute atomic E-state index is 0.0725. The zero-order valence-corrected chi connectivity index (χ0v) is 22.7. The molecular weight excluding hydrogens is 510 g/mol. The van der Waals surface area contributed by atoms with Gasteiger partial charge >= 0.3 is 5.97 Å². The summed E-state index contributed by atoms with van der Waals surface area (Å²) < 4.78 is 0. The van der Waals surface area contributed by atoms with Crippen molar-refractivity contribution >= 4 is 29.6 Å². The lowest BCUT2D eigenvalue weighted by Crippen LogP contribution is -2.56. The predicted molar refractivity (Wildman–Crippen MR) is 143 cm³/mol. The van der Waals surface area contributed by atoms with Gasteiger partial charge in [0, 0.05) is 13.0 Å². The Bertz CT molecular complexity index is 1000. The van der Waals surface area contributed by atoms with Crippen LogP contribution in [0.15, 0.2) is 18.2 Å². The third kappa shape index (κ3) is 11.2. The lowest BCUT2D eigenvalue weighted by atomic mass is 9.97. The lowest BCUT2D eigenvalue weighted by molar-refractivity contribution is -0.142. The van der Waals surface area contributed by atoms with E-state index in [-0.39, 0.29) is 48.8 Å². The highest BCUT2D eigenvalue weighted by atomic mass is 16.4. The molecule has 4 amide bonds. The van der Waals surface area contributed by atoms with Crippen molar-refractivity contribution in [2.24, 2.45) is 11.7 Å². The number of unbranched alkanes of at least 4 members (excludes halogenated alkanes) is 1. The van der Waals surface area contributed by atoms with E-state index in [1.807, 2.05) is 6.92 Å². The summed E-state index contributed by atoms with van der Waals surface area (Å²) in [4.78, 5) is 62.1. The molecular formula is C26H41N5O8. The Balaban J connectivity index is 2.91. The first-order valence-corrected chi connectivity index (χ1v) is 13.1. The molecule has 1 aromatic carbocycles. The summed E-state index contributed by atoms with van der Waals surface area (Å²) in [5.74, 6) is -4.53. The Morgan fingerprint density at radius 2 is 1.62 bits per heavy atom. The minimum atomic E-state index is -1.15. The summed E-state index contributed by atoms with van der Waals surface area (Å²) in [6, 6.07) is 0.388. The molecule has 0 fully saturated rings. The van der Waals surface area contributed by atoms with Gasteiger partial charge in [-0.05, 0) is 56.3 Å². The Hall–Kier alpha value is -3.87. The molecule has 0 aliphatic carbocycles. The Labute approximate surface area is 227 Å². The number of carbonyl (C=O) groups is 5. The topological polar surface area (TPSA) is 220 Å². The fourth-order valence-electron chi connectivity index (χ4n) is 3.67. The Morgan fingerprint density at radius 1 is 0.923 bits per heavy atom. The average molecular weight is 552 g/mol. The molecule has 0 spiro atoms. The van der Waals surface area contributed by atoms with Gasteiger partial charge in [-0.2, -0.15) is 0 Å². The number of phenols is 2. The number of carboxylic acid groups (broad SMARTS) is 1. The van der Waals surface area contributed by atoms with E-state index in [0.717, 1.165) is 12.1 Å². The molecule has 0 aliphatic rings. The zero-order chi connectivity index (χ0) is 29.5. The van der Waals surface area contributed by atoms with Crippen LogP contribution in [0.25, 0.3) is 0 Å². The van der Waals surface area contributed by atoms with Crippen LogP contribution < -0.4 is 27.0 Å². The van der Waals surface area contributed by atoms with Gasteiger partial charge in [-0.15, -0.1) is 0 Å². The van der Waals surface area contributed by atoms with Crippen LogP contribution in [0.3, 0.4) is 0 Å². The monoisotopic (exact) mass is 551 g/mol. The summed E-state index contributed by atoms with van der Waals surface area (Å²) in [6.07, 6.45) is 1.91. The van der Waals surface area contributed by atoms with Crippen LogP contribution in [-0.4, -0.2) is 76.1 Å². The first kappa shape index (κ1) is 33.2. The third-order valence-electron chi connectivity index (χ3n) is 6.28. The van der Waals surface area contributed by atoms with E-state index in [1.54, 1.807) is 13.8 Å². The third-order valence-corrected chi connectivity index (χ3v) is 6.28. The van der Waals surface area contributed by atoms with Crippen molar-refractivity contribution in [3.63, 3.8) is 0 Å². The maximum atomic E-state index is 13.2. The highest BCUT2D eigenvalue weighted by Gasteiger charge is 2.30. The second-order valence-corrected chi connectivity index (χ2v) is 9.29. The molecule has 0 aliphatic heterocycles. The smallest absolute Gasteiger partial charge is 0.326 e.